The van der Waals surface area contributed by atoms with E-state index < -0.39 is 0 Å². The largest absolute Gasteiger partial charge is 0.342 e. The summed E-state index contributed by atoms with van der Waals surface area (Å²) in [4.78, 5) is 16.8. The van der Waals surface area contributed by atoms with Crippen LogP contribution in [0.15, 0.2) is 24.3 Å². The summed E-state index contributed by atoms with van der Waals surface area (Å²) in [6, 6.07) is 8.91. The van der Waals surface area contributed by atoms with Gasteiger partial charge in [-0.25, -0.2) is 0 Å². The zero-order chi connectivity index (χ0) is 16.8. The van der Waals surface area contributed by atoms with Gasteiger partial charge in [0, 0.05) is 39.3 Å². The summed E-state index contributed by atoms with van der Waals surface area (Å²) >= 11 is 0. The molecule has 0 aromatic heterocycles. The van der Waals surface area contributed by atoms with E-state index >= 15 is 0 Å². The molecule has 2 saturated heterocycles. The molecule has 0 spiro atoms. The number of amides is 1. The summed E-state index contributed by atoms with van der Waals surface area (Å²) in [5, 5.41) is 3.34. The summed E-state index contributed by atoms with van der Waals surface area (Å²) in [7, 11) is 0. The molecule has 2 aliphatic rings. The molecule has 0 aliphatic carbocycles. The summed E-state index contributed by atoms with van der Waals surface area (Å²) in [5.74, 6) is 1.10. The fourth-order valence-corrected chi connectivity index (χ4v) is 3.76. The highest BCUT2D eigenvalue weighted by molar-refractivity contribution is 5.85. The quantitative estimate of drug-likeness (QED) is 0.823. The third-order valence-electron chi connectivity index (χ3n) is 5.50. The normalized spacial score (nSPS) is 18.7. The van der Waals surface area contributed by atoms with Crippen LogP contribution in [0.3, 0.4) is 0 Å². The van der Waals surface area contributed by atoms with Crippen LogP contribution in [0.2, 0.25) is 0 Å². The number of likely N-dealkylation sites (tertiary alicyclic amines) is 1. The number of halogens is 2. The van der Waals surface area contributed by atoms with E-state index in [9.17, 15) is 4.79 Å². The van der Waals surface area contributed by atoms with E-state index in [2.05, 4.69) is 46.3 Å². The molecule has 0 saturated carbocycles. The Morgan fingerprint density at radius 3 is 2.27 bits per heavy atom. The summed E-state index contributed by atoms with van der Waals surface area (Å²) in [6.45, 7) is 8.65. The van der Waals surface area contributed by atoms with Crippen LogP contribution < -0.4 is 5.32 Å². The third kappa shape index (κ3) is 7.07. The number of rotatable bonds is 5. The van der Waals surface area contributed by atoms with Gasteiger partial charge in [0.25, 0.3) is 0 Å². The van der Waals surface area contributed by atoms with E-state index in [0.717, 1.165) is 45.2 Å². The molecule has 0 atom stereocenters. The van der Waals surface area contributed by atoms with E-state index in [0.29, 0.717) is 12.5 Å². The molecule has 0 radical (unpaired) electrons. The number of aryl methyl sites for hydroxylation is 2. The molecular formula is C20H33Cl2N3O. The van der Waals surface area contributed by atoms with E-state index in [1.165, 1.54) is 36.8 Å². The molecule has 1 amide bonds. The Morgan fingerprint density at radius 1 is 1.04 bits per heavy atom. The van der Waals surface area contributed by atoms with Gasteiger partial charge in [-0.15, -0.1) is 24.8 Å². The van der Waals surface area contributed by atoms with Crippen LogP contribution in [-0.2, 0) is 11.2 Å². The summed E-state index contributed by atoms with van der Waals surface area (Å²) in [6.07, 6.45) is 4.75. The van der Waals surface area contributed by atoms with Crippen molar-refractivity contribution in [3.63, 3.8) is 0 Å². The van der Waals surface area contributed by atoms with Crippen molar-refractivity contribution in [3.8, 4) is 0 Å². The average Bonchev–Trinajstić information content (AvgIpc) is 2.62. The van der Waals surface area contributed by atoms with Crippen LogP contribution in [0, 0.1) is 12.8 Å². The first-order valence-electron chi connectivity index (χ1n) is 9.47. The minimum Gasteiger partial charge on any atom is -0.342 e. The first-order chi connectivity index (χ1) is 11.7. The molecule has 1 aromatic carbocycles. The summed E-state index contributed by atoms with van der Waals surface area (Å²) < 4.78 is 0. The monoisotopic (exact) mass is 401 g/mol. The zero-order valence-corrected chi connectivity index (χ0v) is 17.4. The maximum absolute atomic E-state index is 12.4. The Hall–Kier alpha value is -0.810. The van der Waals surface area contributed by atoms with Gasteiger partial charge in [-0.1, -0.05) is 29.8 Å². The second-order valence-corrected chi connectivity index (χ2v) is 7.37. The SMILES string of the molecule is Cc1ccc(CCC2CCN(C(=O)CN3CCNCC3)CC2)cc1.Cl.Cl. The Morgan fingerprint density at radius 2 is 1.65 bits per heavy atom. The van der Waals surface area contributed by atoms with Gasteiger partial charge in [0.2, 0.25) is 5.91 Å². The van der Waals surface area contributed by atoms with Gasteiger partial charge in [-0.3, -0.25) is 9.69 Å². The van der Waals surface area contributed by atoms with Gasteiger partial charge in [0.1, 0.15) is 0 Å². The number of carbonyl (C=O) groups is 1. The zero-order valence-electron chi connectivity index (χ0n) is 15.8. The van der Waals surface area contributed by atoms with Crippen LogP contribution in [0.25, 0.3) is 0 Å². The van der Waals surface area contributed by atoms with E-state index in [-0.39, 0.29) is 24.8 Å². The fraction of sp³-hybridized carbons (Fsp3) is 0.650. The standard InChI is InChI=1S/C20H31N3O.2ClH/c1-17-2-4-18(5-3-17)6-7-19-8-12-23(13-9-19)20(24)16-22-14-10-21-11-15-22;;/h2-5,19,21H,6-16H2,1H3;2*1H. The molecule has 3 rings (SSSR count). The first kappa shape index (κ1) is 23.2. The van der Waals surface area contributed by atoms with Crippen molar-refractivity contribution < 1.29 is 4.79 Å². The molecule has 1 aromatic rings. The van der Waals surface area contributed by atoms with Crippen LogP contribution in [0.4, 0.5) is 0 Å². The predicted molar refractivity (Wildman–Crippen MR) is 113 cm³/mol. The molecule has 2 fully saturated rings. The Kier molecular flexibility index (Phi) is 10.6. The number of hydrogen-bond donors (Lipinski definition) is 1. The number of piperazine rings is 1. The van der Waals surface area contributed by atoms with Gasteiger partial charge in [-0.05, 0) is 44.1 Å². The molecule has 26 heavy (non-hydrogen) atoms. The maximum Gasteiger partial charge on any atom is 0.236 e. The Labute approximate surface area is 170 Å². The van der Waals surface area contributed by atoms with Crippen molar-refractivity contribution in [2.75, 3.05) is 45.8 Å². The average molecular weight is 402 g/mol. The van der Waals surface area contributed by atoms with Gasteiger partial charge < -0.3 is 10.2 Å². The van der Waals surface area contributed by atoms with Crippen LogP contribution in [-0.4, -0.2) is 61.5 Å². The molecule has 2 heterocycles. The van der Waals surface area contributed by atoms with Crippen molar-refractivity contribution in [2.24, 2.45) is 5.92 Å². The number of nitrogens with zero attached hydrogens (tertiary/aromatic N) is 2. The number of nitrogens with one attached hydrogen (secondary N) is 1. The topological polar surface area (TPSA) is 35.6 Å². The highest BCUT2D eigenvalue weighted by Crippen LogP contribution is 2.22. The smallest absolute Gasteiger partial charge is 0.236 e. The highest BCUT2D eigenvalue weighted by Gasteiger charge is 2.24. The van der Waals surface area contributed by atoms with E-state index in [1.807, 2.05) is 0 Å². The van der Waals surface area contributed by atoms with Crippen molar-refractivity contribution >= 4 is 30.7 Å². The number of benzene rings is 1. The lowest BCUT2D eigenvalue weighted by atomic mass is 9.90. The molecule has 2 aliphatic heterocycles. The lowest BCUT2D eigenvalue weighted by Crippen LogP contribution is -2.49. The second-order valence-electron chi connectivity index (χ2n) is 7.37. The van der Waals surface area contributed by atoms with Crippen molar-refractivity contribution in [3.05, 3.63) is 35.4 Å². The van der Waals surface area contributed by atoms with Crippen molar-refractivity contribution in [2.45, 2.75) is 32.6 Å². The molecular weight excluding hydrogens is 369 g/mol. The Bertz CT molecular complexity index is 524. The van der Waals surface area contributed by atoms with Crippen LogP contribution >= 0.6 is 24.8 Å². The summed E-state index contributed by atoms with van der Waals surface area (Å²) in [5.41, 5.74) is 2.77. The van der Waals surface area contributed by atoms with Gasteiger partial charge in [0.05, 0.1) is 6.54 Å². The van der Waals surface area contributed by atoms with Gasteiger partial charge in [0.15, 0.2) is 0 Å². The predicted octanol–water partition coefficient (Wildman–Crippen LogP) is 2.92. The number of carbonyl (C=O) groups excluding carboxylic acids is 1. The molecule has 6 heteroatoms. The highest BCUT2D eigenvalue weighted by atomic mass is 35.5. The Balaban J connectivity index is 0.00000169. The minimum absolute atomic E-state index is 0. The van der Waals surface area contributed by atoms with Gasteiger partial charge in [-0.2, -0.15) is 0 Å². The van der Waals surface area contributed by atoms with E-state index in [4.69, 9.17) is 0 Å². The van der Waals surface area contributed by atoms with E-state index in [1.54, 1.807) is 0 Å². The second kappa shape index (κ2) is 11.8. The van der Waals surface area contributed by atoms with Crippen molar-refractivity contribution in [1.82, 2.24) is 15.1 Å². The minimum atomic E-state index is 0. The third-order valence-corrected chi connectivity index (χ3v) is 5.50. The molecule has 0 bridgehead atoms. The van der Waals surface area contributed by atoms with Gasteiger partial charge >= 0.3 is 0 Å². The van der Waals surface area contributed by atoms with Crippen molar-refractivity contribution in [1.29, 1.82) is 0 Å². The lowest BCUT2D eigenvalue weighted by molar-refractivity contribution is -0.134. The number of piperidine rings is 1. The fourth-order valence-electron chi connectivity index (χ4n) is 3.76. The van der Waals surface area contributed by atoms with Crippen LogP contribution in [0.5, 0.6) is 0 Å². The lowest BCUT2D eigenvalue weighted by Gasteiger charge is -2.34. The molecule has 1 N–H and O–H groups in total. The molecule has 148 valence electrons. The van der Waals surface area contributed by atoms with Crippen LogP contribution in [0.1, 0.15) is 30.4 Å². The maximum atomic E-state index is 12.4. The first-order valence-corrected chi connectivity index (χ1v) is 9.47. The molecule has 4 nitrogen and oxygen atoms in total. The number of hydrogen-bond acceptors (Lipinski definition) is 3. The molecule has 0 unspecified atom stereocenters.